The summed E-state index contributed by atoms with van der Waals surface area (Å²) in [7, 11) is 3.30. The van der Waals surface area contributed by atoms with Crippen molar-refractivity contribution in [3.8, 4) is 0 Å². The Morgan fingerprint density at radius 1 is 0.571 bits per heavy atom. The summed E-state index contributed by atoms with van der Waals surface area (Å²) in [6, 6.07) is 0. The molecule has 0 aromatic carbocycles. The van der Waals surface area contributed by atoms with Crippen molar-refractivity contribution < 1.29 is 38.6 Å². The van der Waals surface area contributed by atoms with E-state index in [4.69, 9.17) is 38.6 Å². The van der Waals surface area contributed by atoms with E-state index in [1.54, 1.807) is 21.1 Å². The lowest BCUT2D eigenvalue weighted by molar-refractivity contribution is -0.0677. The zero-order valence-corrected chi connectivity index (χ0v) is 19.1. The average molecular weight is 413 g/mol. The molecule has 2 N–H and O–H groups in total. The molecule has 0 saturated heterocycles. The van der Waals surface area contributed by atoms with Gasteiger partial charge in [0, 0.05) is 14.2 Å². The van der Waals surface area contributed by atoms with Crippen molar-refractivity contribution in [3.63, 3.8) is 0 Å². The summed E-state index contributed by atoms with van der Waals surface area (Å²) in [5.41, 5.74) is 0. The first-order valence-electron chi connectivity index (χ1n) is 9.93. The van der Waals surface area contributed by atoms with Crippen molar-refractivity contribution in [3.05, 3.63) is 0 Å². The highest BCUT2D eigenvalue weighted by Gasteiger charge is 2.08. The Kier molecular flexibility index (Phi) is 21.3. The fourth-order valence-corrected chi connectivity index (χ4v) is 1.70. The monoisotopic (exact) mass is 412 g/mol. The molecule has 0 aromatic rings. The second kappa shape index (κ2) is 20.0. The predicted molar refractivity (Wildman–Crippen MR) is 109 cm³/mol. The number of hydrogen-bond donors (Lipinski definition) is 2. The molecule has 28 heavy (non-hydrogen) atoms. The van der Waals surface area contributed by atoms with Gasteiger partial charge in [-0.25, -0.2) is 0 Å². The molecule has 0 bridgehead atoms. The van der Waals surface area contributed by atoms with Crippen LogP contribution in [0.25, 0.3) is 0 Å². The molecule has 0 aliphatic heterocycles. The minimum absolute atomic E-state index is 0.00362. The third-order valence-corrected chi connectivity index (χ3v) is 3.53. The van der Waals surface area contributed by atoms with Gasteiger partial charge in [0.2, 0.25) is 0 Å². The van der Waals surface area contributed by atoms with Crippen molar-refractivity contribution in [1.29, 1.82) is 0 Å². The molecule has 6 atom stereocenters. The van der Waals surface area contributed by atoms with Crippen LogP contribution < -0.4 is 0 Å². The van der Waals surface area contributed by atoms with Crippen LogP contribution >= 0.6 is 0 Å². The number of rotatable bonds is 16. The fourth-order valence-electron chi connectivity index (χ4n) is 1.70. The topological polar surface area (TPSA) is 95.8 Å². The van der Waals surface area contributed by atoms with E-state index in [0.717, 1.165) is 0 Å². The van der Waals surface area contributed by atoms with Gasteiger partial charge in [-0.15, -0.1) is 0 Å². The Balaban J connectivity index is 0. The van der Waals surface area contributed by atoms with E-state index < -0.39 is 6.10 Å². The van der Waals surface area contributed by atoms with Crippen molar-refractivity contribution >= 4 is 0 Å². The fraction of sp³-hybridized carbons (Fsp3) is 1.00. The summed E-state index contributed by atoms with van der Waals surface area (Å²) < 4.78 is 31.5. The maximum absolute atomic E-state index is 8.98. The average Bonchev–Trinajstić information content (AvgIpc) is 2.67. The van der Waals surface area contributed by atoms with Gasteiger partial charge in [-0.2, -0.15) is 0 Å². The highest BCUT2D eigenvalue weighted by molar-refractivity contribution is 4.54. The second-order valence-electron chi connectivity index (χ2n) is 7.11. The van der Waals surface area contributed by atoms with Gasteiger partial charge in [-0.05, 0) is 41.5 Å². The minimum atomic E-state index is -0.422. The molecule has 0 aromatic heterocycles. The van der Waals surface area contributed by atoms with Gasteiger partial charge in [0.25, 0.3) is 0 Å². The van der Waals surface area contributed by atoms with Crippen molar-refractivity contribution in [2.75, 3.05) is 53.9 Å². The molecule has 0 aliphatic rings. The van der Waals surface area contributed by atoms with Crippen LogP contribution in [-0.4, -0.2) is 101 Å². The first-order chi connectivity index (χ1) is 13.2. The summed E-state index contributed by atoms with van der Waals surface area (Å²) in [4.78, 5) is 0. The Morgan fingerprint density at radius 3 is 1.36 bits per heavy atom. The standard InChI is InChI=1S/2C10H22O4/c1-8(11)5-13-10(3)7-14-9(2)6-12-4;1-8(5-11)13-7-10(3)14-6-9(2)12-4/h2*8-11H,5-7H2,1-4H3. The first kappa shape index (κ1) is 29.9. The lowest BCUT2D eigenvalue weighted by atomic mass is 10.4. The molecule has 0 rings (SSSR count). The van der Waals surface area contributed by atoms with Crippen LogP contribution in [0.3, 0.4) is 0 Å². The Bertz CT molecular complexity index is 303. The van der Waals surface area contributed by atoms with Gasteiger partial charge < -0.3 is 38.6 Å². The van der Waals surface area contributed by atoms with Gasteiger partial charge in [0.15, 0.2) is 0 Å². The quantitative estimate of drug-likeness (QED) is 0.395. The van der Waals surface area contributed by atoms with E-state index >= 15 is 0 Å². The molecule has 8 heteroatoms. The molecule has 0 amide bonds. The van der Waals surface area contributed by atoms with E-state index in [1.807, 2.05) is 34.6 Å². The smallest absolute Gasteiger partial charge is 0.0781 e. The molecule has 0 aliphatic carbocycles. The van der Waals surface area contributed by atoms with Gasteiger partial charge in [-0.3, -0.25) is 0 Å². The van der Waals surface area contributed by atoms with E-state index in [0.29, 0.717) is 33.0 Å². The Morgan fingerprint density at radius 2 is 0.964 bits per heavy atom. The van der Waals surface area contributed by atoms with E-state index in [1.165, 1.54) is 0 Å². The van der Waals surface area contributed by atoms with Crippen LogP contribution in [0, 0.1) is 0 Å². The predicted octanol–water partition coefficient (Wildman–Crippen LogP) is 1.65. The molecule has 0 radical (unpaired) electrons. The summed E-state index contributed by atoms with van der Waals surface area (Å²) >= 11 is 0. The lowest BCUT2D eigenvalue weighted by Crippen LogP contribution is -2.25. The van der Waals surface area contributed by atoms with Crippen molar-refractivity contribution in [2.45, 2.75) is 78.2 Å². The third kappa shape index (κ3) is 22.0. The highest BCUT2D eigenvalue weighted by Crippen LogP contribution is 1.99. The third-order valence-electron chi connectivity index (χ3n) is 3.53. The van der Waals surface area contributed by atoms with Crippen LogP contribution in [-0.2, 0) is 28.4 Å². The maximum Gasteiger partial charge on any atom is 0.0781 e. The van der Waals surface area contributed by atoms with E-state index in [2.05, 4.69) is 0 Å². The molecule has 6 unspecified atom stereocenters. The van der Waals surface area contributed by atoms with E-state index in [9.17, 15) is 0 Å². The maximum atomic E-state index is 8.98. The van der Waals surface area contributed by atoms with E-state index in [-0.39, 0.29) is 37.1 Å². The number of methoxy groups -OCH3 is 2. The number of aliphatic hydroxyl groups is 2. The molecule has 8 nitrogen and oxygen atoms in total. The second-order valence-corrected chi connectivity index (χ2v) is 7.11. The van der Waals surface area contributed by atoms with Gasteiger partial charge in [0.1, 0.15) is 0 Å². The summed E-state index contributed by atoms with van der Waals surface area (Å²) in [5, 5.41) is 17.7. The van der Waals surface area contributed by atoms with Crippen LogP contribution in [0.2, 0.25) is 0 Å². The van der Waals surface area contributed by atoms with Crippen LogP contribution in [0.4, 0.5) is 0 Å². The molecule has 172 valence electrons. The van der Waals surface area contributed by atoms with Crippen molar-refractivity contribution in [1.82, 2.24) is 0 Å². The van der Waals surface area contributed by atoms with Crippen LogP contribution in [0.15, 0.2) is 0 Å². The number of aliphatic hydroxyl groups excluding tert-OH is 2. The molecule has 0 saturated carbocycles. The molecule has 0 fully saturated rings. The molecule has 0 heterocycles. The summed E-state index contributed by atoms with van der Waals surface area (Å²) in [6.07, 6.45) is -0.328. The molecule has 0 spiro atoms. The van der Waals surface area contributed by atoms with Crippen LogP contribution in [0.5, 0.6) is 0 Å². The number of hydrogen-bond acceptors (Lipinski definition) is 8. The van der Waals surface area contributed by atoms with Crippen LogP contribution in [0.1, 0.15) is 41.5 Å². The van der Waals surface area contributed by atoms with Gasteiger partial charge in [-0.1, -0.05) is 0 Å². The molecular formula is C20H44O8. The van der Waals surface area contributed by atoms with Gasteiger partial charge >= 0.3 is 0 Å². The Hall–Kier alpha value is -0.320. The lowest BCUT2D eigenvalue weighted by Gasteiger charge is -2.18. The van der Waals surface area contributed by atoms with Gasteiger partial charge in [0.05, 0.1) is 76.3 Å². The minimum Gasteiger partial charge on any atom is -0.394 e. The Labute approximate surface area is 171 Å². The normalized spacial score (nSPS) is 17.8. The largest absolute Gasteiger partial charge is 0.394 e. The number of ether oxygens (including phenoxy) is 6. The molecular weight excluding hydrogens is 368 g/mol. The highest BCUT2D eigenvalue weighted by atomic mass is 16.6. The zero-order valence-electron chi connectivity index (χ0n) is 19.1. The van der Waals surface area contributed by atoms with Crippen molar-refractivity contribution in [2.24, 2.45) is 0 Å². The zero-order chi connectivity index (χ0) is 21.9. The summed E-state index contributed by atoms with van der Waals surface area (Å²) in [6.45, 7) is 13.8. The first-order valence-corrected chi connectivity index (χ1v) is 9.93. The SMILES string of the molecule is COC(C)COC(C)COC(C)CO.COCC(C)OCC(C)OCC(C)O. The summed E-state index contributed by atoms with van der Waals surface area (Å²) in [5.74, 6) is 0.